The second-order valence-corrected chi connectivity index (χ2v) is 6.14. The fraction of sp³-hybridized carbons (Fsp3) is 0.647. The number of ether oxygens (including phenoxy) is 1. The van der Waals surface area contributed by atoms with E-state index >= 15 is 0 Å². The van der Waals surface area contributed by atoms with Gasteiger partial charge in [0.25, 0.3) is 0 Å². The van der Waals surface area contributed by atoms with Crippen molar-refractivity contribution in [1.29, 1.82) is 0 Å². The minimum Gasteiger partial charge on any atom is -0.496 e. The smallest absolute Gasteiger partial charge is 0.122 e. The highest BCUT2D eigenvalue weighted by Crippen LogP contribution is 2.47. The van der Waals surface area contributed by atoms with E-state index in [1.807, 2.05) is 0 Å². The summed E-state index contributed by atoms with van der Waals surface area (Å²) in [5, 5.41) is 0. The summed E-state index contributed by atoms with van der Waals surface area (Å²) in [4.78, 5) is 0. The summed E-state index contributed by atoms with van der Waals surface area (Å²) >= 11 is 0. The molecule has 0 heterocycles. The monoisotopic (exact) mass is 261 g/mol. The van der Waals surface area contributed by atoms with Crippen LogP contribution in [0, 0.1) is 0 Å². The van der Waals surface area contributed by atoms with Crippen molar-refractivity contribution in [2.24, 2.45) is 5.73 Å². The first kappa shape index (κ1) is 14.4. The van der Waals surface area contributed by atoms with Gasteiger partial charge in [-0.1, -0.05) is 38.8 Å². The van der Waals surface area contributed by atoms with Crippen molar-refractivity contribution in [2.75, 3.05) is 13.7 Å². The van der Waals surface area contributed by atoms with E-state index in [0.29, 0.717) is 5.92 Å². The largest absolute Gasteiger partial charge is 0.496 e. The summed E-state index contributed by atoms with van der Waals surface area (Å²) in [7, 11) is 1.78. The van der Waals surface area contributed by atoms with Crippen LogP contribution in [0.5, 0.6) is 5.75 Å². The molecule has 1 saturated carbocycles. The molecule has 0 radical (unpaired) electrons. The van der Waals surface area contributed by atoms with Crippen molar-refractivity contribution >= 4 is 0 Å². The Balaban J connectivity index is 2.47. The summed E-state index contributed by atoms with van der Waals surface area (Å²) < 4.78 is 5.62. The van der Waals surface area contributed by atoms with Gasteiger partial charge in [-0.25, -0.2) is 0 Å². The molecule has 1 fully saturated rings. The highest BCUT2D eigenvalue weighted by atomic mass is 16.5. The van der Waals surface area contributed by atoms with Crippen LogP contribution in [-0.4, -0.2) is 13.7 Å². The maximum Gasteiger partial charge on any atom is 0.122 e. The first-order valence-electron chi connectivity index (χ1n) is 7.51. The maximum absolute atomic E-state index is 5.88. The van der Waals surface area contributed by atoms with Gasteiger partial charge in [0, 0.05) is 11.0 Å². The second kappa shape index (κ2) is 5.96. The quantitative estimate of drug-likeness (QED) is 0.870. The lowest BCUT2D eigenvalue weighted by atomic mass is 9.74. The molecule has 0 aromatic heterocycles. The number of hydrogen-bond donors (Lipinski definition) is 1. The Labute approximate surface area is 117 Å². The Morgan fingerprint density at radius 3 is 2.47 bits per heavy atom. The van der Waals surface area contributed by atoms with Gasteiger partial charge in [-0.05, 0) is 43.4 Å². The van der Waals surface area contributed by atoms with Crippen molar-refractivity contribution in [3.63, 3.8) is 0 Å². The maximum atomic E-state index is 5.88. The molecule has 2 rings (SSSR count). The zero-order valence-electron chi connectivity index (χ0n) is 12.5. The molecule has 106 valence electrons. The Morgan fingerprint density at radius 1 is 1.26 bits per heavy atom. The highest BCUT2D eigenvalue weighted by Gasteiger charge is 2.37. The predicted molar refractivity (Wildman–Crippen MR) is 80.9 cm³/mol. The molecule has 2 heteroatoms. The van der Waals surface area contributed by atoms with E-state index in [-0.39, 0.29) is 5.41 Å². The van der Waals surface area contributed by atoms with E-state index in [1.54, 1.807) is 7.11 Å². The third-order valence-corrected chi connectivity index (χ3v) is 4.65. The molecule has 0 spiro atoms. The highest BCUT2D eigenvalue weighted by molar-refractivity contribution is 5.44. The van der Waals surface area contributed by atoms with Crippen molar-refractivity contribution < 1.29 is 4.74 Å². The molecule has 2 nitrogen and oxygen atoms in total. The van der Waals surface area contributed by atoms with Crippen LogP contribution in [0.2, 0.25) is 0 Å². The SMILES string of the molecule is COc1ccc(C(C)C)cc1C1(CCN)CCCC1. The van der Waals surface area contributed by atoms with Crippen molar-refractivity contribution in [3.8, 4) is 5.75 Å². The van der Waals surface area contributed by atoms with Crippen molar-refractivity contribution in [2.45, 2.75) is 57.3 Å². The van der Waals surface area contributed by atoms with Gasteiger partial charge in [0.05, 0.1) is 7.11 Å². The van der Waals surface area contributed by atoms with Crippen LogP contribution in [0.1, 0.15) is 63.0 Å². The van der Waals surface area contributed by atoms with Crippen LogP contribution >= 0.6 is 0 Å². The van der Waals surface area contributed by atoms with Crippen molar-refractivity contribution in [1.82, 2.24) is 0 Å². The van der Waals surface area contributed by atoms with Gasteiger partial charge in [-0.2, -0.15) is 0 Å². The van der Waals surface area contributed by atoms with E-state index in [0.717, 1.165) is 18.7 Å². The van der Waals surface area contributed by atoms with Crippen LogP contribution in [-0.2, 0) is 5.41 Å². The average molecular weight is 261 g/mol. The zero-order chi connectivity index (χ0) is 13.9. The Hall–Kier alpha value is -1.02. The van der Waals surface area contributed by atoms with E-state index < -0.39 is 0 Å². The predicted octanol–water partition coefficient (Wildman–Crippen LogP) is 3.98. The van der Waals surface area contributed by atoms with Crippen LogP contribution in [0.4, 0.5) is 0 Å². The van der Waals surface area contributed by atoms with E-state index in [9.17, 15) is 0 Å². The fourth-order valence-electron chi connectivity index (χ4n) is 3.48. The van der Waals surface area contributed by atoms with E-state index in [1.165, 1.54) is 36.8 Å². The van der Waals surface area contributed by atoms with Crippen molar-refractivity contribution in [3.05, 3.63) is 29.3 Å². The number of hydrogen-bond acceptors (Lipinski definition) is 2. The molecule has 2 N–H and O–H groups in total. The molecule has 0 amide bonds. The first-order chi connectivity index (χ1) is 9.13. The summed E-state index contributed by atoms with van der Waals surface area (Å²) in [6, 6.07) is 6.70. The van der Waals surface area contributed by atoms with E-state index in [2.05, 4.69) is 32.0 Å². The number of methoxy groups -OCH3 is 1. The van der Waals surface area contributed by atoms with Crippen LogP contribution in [0.25, 0.3) is 0 Å². The number of rotatable bonds is 5. The Morgan fingerprint density at radius 2 is 1.95 bits per heavy atom. The molecular formula is C17H27NO. The van der Waals surface area contributed by atoms with Gasteiger partial charge in [0.2, 0.25) is 0 Å². The van der Waals surface area contributed by atoms with Gasteiger partial charge < -0.3 is 10.5 Å². The number of benzene rings is 1. The molecular weight excluding hydrogens is 234 g/mol. The van der Waals surface area contributed by atoms with Gasteiger partial charge in [0.15, 0.2) is 0 Å². The topological polar surface area (TPSA) is 35.2 Å². The molecule has 0 bridgehead atoms. The molecule has 1 aliphatic rings. The lowest BCUT2D eigenvalue weighted by Gasteiger charge is -2.31. The van der Waals surface area contributed by atoms with Crippen LogP contribution in [0.15, 0.2) is 18.2 Å². The number of nitrogens with two attached hydrogens (primary N) is 1. The molecule has 1 aromatic rings. The van der Waals surface area contributed by atoms with Gasteiger partial charge in [0.1, 0.15) is 5.75 Å². The van der Waals surface area contributed by atoms with Crippen LogP contribution in [0.3, 0.4) is 0 Å². The summed E-state index contributed by atoms with van der Waals surface area (Å²) in [6.07, 6.45) is 6.21. The standard InChI is InChI=1S/C17H27NO/c1-13(2)14-6-7-16(19-3)15(12-14)17(10-11-18)8-4-5-9-17/h6-7,12-13H,4-5,8-11,18H2,1-3H3. The first-order valence-corrected chi connectivity index (χ1v) is 7.51. The van der Waals surface area contributed by atoms with Gasteiger partial charge >= 0.3 is 0 Å². The summed E-state index contributed by atoms with van der Waals surface area (Å²) in [6.45, 7) is 5.25. The zero-order valence-corrected chi connectivity index (χ0v) is 12.5. The van der Waals surface area contributed by atoms with E-state index in [4.69, 9.17) is 10.5 Å². The van der Waals surface area contributed by atoms with Gasteiger partial charge in [-0.3, -0.25) is 0 Å². The van der Waals surface area contributed by atoms with Crippen LogP contribution < -0.4 is 10.5 Å². The third kappa shape index (κ3) is 2.79. The Kier molecular flexibility index (Phi) is 4.51. The lowest BCUT2D eigenvalue weighted by molar-refractivity contribution is 0.362. The fourth-order valence-corrected chi connectivity index (χ4v) is 3.48. The molecule has 0 atom stereocenters. The molecule has 0 saturated heterocycles. The molecule has 0 aliphatic heterocycles. The molecule has 1 aromatic carbocycles. The molecule has 0 unspecified atom stereocenters. The normalized spacial score (nSPS) is 17.9. The second-order valence-electron chi connectivity index (χ2n) is 6.14. The lowest BCUT2D eigenvalue weighted by Crippen LogP contribution is -2.26. The van der Waals surface area contributed by atoms with Gasteiger partial charge in [-0.15, -0.1) is 0 Å². The third-order valence-electron chi connectivity index (χ3n) is 4.65. The molecule has 1 aliphatic carbocycles. The summed E-state index contributed by atoms with van der Waals surface area (Å²) in [5.41, 5.74) is 8.93. The minimum absolute atomic E-state index is 0.255. The summed E-state index contributed by atoms with van der Waals surface area (Å²) in [5.74, 6) is 1.60. The minimum atomic E-state index is 0.255. The Bertz CT molecular complexity index is 419. The average Bonchev–Trinajstić information content (AvgIpc) is 2.88. The molecule has 19 heavy (non-hydrogen) atoms.